The number of amides is 1. The Morgan fingerprint density at radius 3 is 2.60 bits per heavy atom. The monoisotopic (exact) mass is 401 g/mol. The molecule has 0 fully saturated rings. The van der Waals surface area contributed by atoms with E-state index in [0.717, 1.165) is 52.2 Å². The molecule has 3 N–H and O–H groups in total. The predicted octanol–water partition coefficient (Wildman–Crippen LogP) is 4.29. The number of nitrogens with one attached hydrogen (secondary N) is 1. The van der Waals surface area contributed by atoms with Crippen LogP contribution in [-0.4, -0.2) is 26.3 Å². The number of nitrogen functional groups attached to an aromatic ring is 1. The minimum absolute atomic E-state index is 0.0577. The number of hydrogen-bond donors (Lipinski definition) is 2. The van der Waals surface area contributed by atoms with Gasteiger partial charge in [-0.2, -0.15) is 0 Å². The van der Waals surface area contributed by atoms with Crippen molar-refractivity contribution in [1.29, 1.82) is 0 Å². The topological polar surface area (TPSA) is 76.7 Å². The molecular weight excluding hydrogens is 374 g/mol. The van der Waals surface area contributed by atoms with Crippen molar-refractivity contribution in [1.82, 2.24) is 0 Å². The van der Waals surface area contributed by atoms with E-state index in [1.165, 1.54) is 0 Å². The molecule has 3 aromatic carbocycles. The molecule has 0 aromatic heterocycles. The molecule has 0 bridgehead atoms. The number of carbonyl (C=O) groups is 1. The standard InChI is InChI=1S/C25H27N3O2/c1-27-17-23-20(8-5-11-24(23)26)13-12-18-6-3-9-21(14-18)28-25(29)16-19-7-4-10-22(15-19)30-2/h3-11,14-15,17H,12-13,16,26H2,1-2H3,(H,28,29). The minimum Gasteiger partial charge on any atom is -0.497 e. The lowest BCUT2D eigenvalue weighted by molar-refractivity contribution is -0.115. The van der Waals surface area contributed by atoms with Gasteiger partial charge in [-0.15, -0.1) is 0 Å². The number of benzene rings is 3. The van der Waals surface area contributed by atoms with Gasteiger partial charge in [0.05, 0.1) is 13.5 Å². The summed E-state index contributed by atoms with van der Waals surface area (Å²) in [5.74, 6) is 0.689. The Morgan fingerprint density at radius 2 is 1.80 bits per heavy atom. The highest BCUT2D eigenvalue weighted by atomic mass is 16.5. The van der Waals surface area contributed by atoms with Crippen molar-refractivity contribution in [3.63, 3.8) is 0 Å². The molecule has 0 aliphatic carbocycles. The minimum atomic E-state index is -0.0577. The van der Waals surface area contributed by atoms with Crippen LogP contribution in [0.25, 0.3) is 0 Å². The fourth-order valence-corrected chi connectivity index (χ4v) is 3.39. The Labute approximate surface area is 177 Å². The maximum absolute atomic E-state index is 12.4. The highest BCUT2D eigenvalue weighted by Crippen LogP contribution is 2.19. The summed E-state index contributed by atoms with van der Waals surface area (Å²) in [7, 11) is 3.36. The predicted molar refractivity (Wildman–Crippen MR) is 124 cm³/mol. The molecule has 0 saturated carbocycles. The summed E-state index contributed by atoms with van der Waals surface area (Å²) in [6, 6.07) is 21.4. The summed E-state index contributed by atoms with van der Waals surface area (Å²) in [6.07, 6.45) is 3.78. The first-order valence-corrected chi connectivity index (χ1v) is 9.90. The first-order chi connectivity index (χ1) is 14.6. The summed E-state index contributed by atoms with van der Waals surface area (Å²) < 4.78 is 5.22. The van der Waals surface area contributed by atoms with Crippen molar-refractivity contribution in [2.24, 2.45) is 4.99 Å². The number of hydrogen-bond acceptors (Lipinski definition) is 4. The lowest BCUT2D eigenvalue weighted by Gasteiger charge is -2.10. The van der Waals surface area contributed by atoms with Gasteiger partial charge in [-0.3, -0.25) is 9.79 Å². The van der Waals surface area contributed by atoms with Gasteiger partial charge in [0.2, 0.25) is 5.91 Å². The van der Waals surface area contributed by atoms with Crippen LogP contribution in [0.3, 0.4) is 0 Å². The third-order valence-electron chi connectivity index (χ3n) is 4.88. The van der Waals surface area contributed by atoms with Crippen LogP contribution in [0.15, 0.2) is 71.7 Å². The fourth-order valence-electron chi connectivity index (χ4n) is 3.39. The van der Waals surface area contributed by atoms with E-state index in [2.05, 4.69) is 22.4 Å². The van der Waals surface area contributed by atoms with Gasteiger partial charge < -0.3 is 15.8 Å². The van der Waals surface area contributed by atoms with Gasteiger partial charge in [0, 0.05) is 30.2 Å². The summed E-state index contributed by atoms with van der Waals surface area (Å²) in [5, 5.41) is 2.99. The highest BCUT2D eigenvalue weighted by molar-refractivity contribution is 5.92. The molecule has 0 saturated heterocycles. The number of ether oxygens (including phenoxy) is 1. The molecular formula is C25H27N3O2. The third-order valence-corrected chi connectivity index (χ3v) is 4.88. The molecule has 5 nitrogen and oxygen atoms in total. The van der Waals surface area contributed by atoms with E-state index in [-0.39, 0.29) is 5.91 Å². The second-order valence-electron chi connectivity index (χ2n) is 7.08. The van der Waals surface area contributed by atoms with Crippen LogP contribution in [-0.2, 0) is 24.1 Å². The SMILES string of the molecule is CN=Cc1c(N)cccc1CCc1cccc(NC(=O)Cc2cccc(OC)c2)c1. The van der Waals surface area contributed by atoms with Crippen molar-refractivity contribution in [2.75, 3.05) is 25.2 Å². The molecule has 0 unspecified atom stereocenters. The quantitative estimate of drug-likeness (QED) is 0.437. The van der Waals surface area contributed by atoms with Gasteiger partial charge in [0.25, 0.3) is 0 Å². The van der Waals surface area contributed by atoms with Crippen molar-refractivity contribution in [3.8, 4) is 5.75 Å². The van der Waals surface area contributed by atoms with Crippen LogP contribution in [0.5, 0.6) is 5.75 Å². The Hall–Kier alpha value is -3.60. The van der Waals surface area contributed by atoms with Crippen molar-refractivity contribution in [2.45, 2.75) is 19.3 Å². The highest BCUT2D eigenvalue weighted by Gasteiger charge is 2.08. The third kappa shape index (κ3) is 5.70. The van der Waals surface area contributed by atoms with Crippen LogP contribution in [0.1, 0.15) is 22.3 Å². The van der Waals surface area contributed by atoms with Gasteiger partial charge in [-0.25, -0.2) is 0 Å². The zero-order chi connectivity index (χ0) is 21.3. The lowest BCUT2D eigenvalue weighted by atomic mass is 9.99. The lowest BCUT2D eigenvalue weighted by Crippen LogP contribution is -2.14. The average Bonchev–Trinajstić information content (AvgIpc) is 2.74. The van der Waals surface area contributed by atoms with Gasteiger partial charge in [-0.05, 0) is 59.9 Å². The van der Waals surface area contributed by atoms with Crippen LogP contribution < -0.4 is 15.8 Å². The molecule has 0 radical (unpaired) electrons. The molecule has 0 atom stereocenters. The smallest absolute Gasteiger partial charge is 0.228 e. The zero-order valence-electron chi connectivity index (χ0n) is 17.4. The number of aryl methyl sites for hydroxylation is 2. The Morgan fingerprint density at radius 1 is 1.03 bits per heavy atom. The molecule has 30 heavy (non-hydrogen) atoms. The number of aliphatic imine (C=N–C) groups is 1. The number of nitrogens with zero attached hydrogens (tertiary/aromatic N) is 1. The fraction of sp³-hybridized carbons (Fsp3) is 0.200. The Bertz CT molecular complexity index is 1040. The normalized spacial score (nSPS) is 10.9. The second-order valence-corrected chi connectivity index (χ2v) is 7.08. The number of rotatable bonds is 8. The Balaban J connectivity index is 1.63. The van der Waals surface area contributed by atoms with Gasteiger partial charge >= 0.3 is 0 Å². The zero-order valence-corrected chi connectivity index (χ0v) is 17.4. The first kappa shape index (κ1) is 21.1. The van der Waals surface area contributed by atoms with Gasteiger partial charge in [-0.1, -0.05) is 36.4 Å². The molecule has 154 valence electrons. The molecule has 3 rings (SSSR count). The summed E-state index contributed by atoms with van der Waals surface area (Å²) in [4.78, 5) is 16.6. The summed E-state index contributed by atoms with van der Waals surface area (Å²) in [6.45, 7) is 0. The number of anilines is 2. The molecule has 0 spiro atoms. The van der Waals surface area contributed by atoms with Crippen molar-refractivity contribution in [3.05, 3.63) is 89.0 Å². The van der Waals surface area contributed by atoms with E-state index in [9.17, 15) is 4.79 Å². The van der Waals surface area contributed by atoms with Crippen LogP contribution in [0.2, 0.25) is 0 Å². The van der Waals surface area contributed by atoms with Crippen molar-refractivity contribution < 1.29 is 9.53 Å². The average molecular weight is 402 g/mol. The molecule has 0 aliphatic rings. The van der Waals surface area contributed by atoms with E-state index < -0.39 is 0 Å². The molecule has 0 heterocycles. The van der Waals surface area contributed by atoms with E-state index in [0.29, 0.717) is 6.42 Å². The van der Waals surface area contributed by atoms with Gasteiger partial charge in [0.1, 0.15) is 5.75 Å². The van der Waals surface area contributed by atoms with Crippen LogP contribution >= 0.6 is 0 Å². The number of methoxy groups -OCH3 is 1. The molecule has 0 aliphatic heterocycles. The van der Waals surface area contributed by atoms with Crippen molar-refractivity contribution >= 4 is 23.5 Å². The van der Waals surface area contributed by atoms with Crippen LogP contribution in [0, 0.1) is 0 Å². The first-order valence-electron chi connectivity index (χ1n) is 9.90. The van der Waals surface area contributed by atoms with E-state index in [1.807, 2.05) is 54.6 Å². The maximum atomic E-state index is 12.4. The number of carbonyl (C=O) groups excluding carboxylic acids is 1. The summed E-state index contributed by atoms with van der Waals surface area (Å²) >= 11 is 0. The Kier molecular flexibility index (Phi) is 7.22. The number of nitrogens with two attached hydrogens (primary N) is 1. The summed E-state index contributed by atoms with van der Waals surface area (Å²) in [5.41, 5.74) is 11.8. The van der Waals surface area contributed by atoms with E-state index in [1.54, 1.807) is 20.4 Å². The molecule has 3 aromatic rings. The van der Waals surface area contributed by atoms with Crippen LogP contribution in [0.4, 0.5) is 11.4 Å². The van der Waals surface area contributed by atoms with E-state index in [4.69, 9.17) is 10.5 Å². The molecule has 5 heteroatoms. The maximum Gasteiger partial charge on any atom is 0.228 e. The molecule has 1 amide bonds. The second kappa shape index (κ2) is 10.3. The van der Waals surface area contributed by atoms with Gasteiger partial charge in [0.15, 0.2) is 0 Å². The van der Waals surface area contributed by atoms with E-state index >= 15 is 0 Å². The largest absolute Gasteiger partial charge is 0.497 e.